The molecule has 0 unspecified atom stereocenters. The minimum atomic E-state index is 0.790. The first kappa shape index (κ1) is 11.2. The number of thiophene rings is 1. The topological polar surface area (TPSA) is 41.6 Å². The molecule has 4 heteroatoms. The van der Waals surface area contributed by atoms with Gasteiger partial charge in [0.25, 0.3) is 0 Å². The van der Waals surface area contributed by atoms with Crippen molar-refractivity contribution in [1.29, 1.82) is 5.26 Å². The van der Waals surface area contributed by atoms with Gasteiger partial charge in [-0.1, -0.05) is 0 Å². The molecule has 2 aromatic rings. The van der Waals surface area contributed by atoms with Crippen LogP contribution in [0, 0.1) is 11.3 Å². The minimum absolute atomic E-state index is 0.790. The van der Waals surface area contributed by atoms with Crippen LogP contribution < -0.4 is 0 Å². The van der Waals surface area contributed by atoms with E-state index in [1.165, 1.54) is 35.4 Å². The van der Waals surface area contributed by atoms with Crippen LogP contribution in [0.5, 0.6) is 0 Å². The Balaban J connectivity index is 2.18. The van der Waals surface area contributed by atoms with Crippen LogP contribution in [0.1, 0.15) is 36.1 Å². The molecule has 0 radical (unpaired) electrons. The van der Waals surface area contributed by atoms with E-state index < -0.39 is 0 Å². The van der Waals surface area contributed by atoms with Crippen molar-refractivity contribution in [3.05, 3.63) is 46.2 Å². The van der Waals surface area contributed by atoms with E-state index in [9.17, 15) is 5.26 Å². The molecule has 18 heavy (non-hydrogen) atoms. The molecular weight excluding hydrogens is 242 g/mol. The second kappa shape index (κ2) is 4.79. The summed E-state index contributed by atoms with van der Waals surface area (Å²) in [6, 6.07) is 4.34. The number of aromatic nitrogens is 2. The summed E-state index contributed by atoms with van der Waals surface area (Å²) in [4.78, 5) is 4.92. The number of hydrogen-bond acceptors (Lipinski definition) is 3. The van der Waals surface area contributed by atoms with Crippen LogP contribution >= 0.6 is 11.3 Å². The maximum absolute atomic E-state index is 9.21. The summed E-state index contributed by atoms with van der Waals surface area (Å²) in [6.07, 6.45) is 10.3. The van der Waals surface area contributed by atoms with E-state index in [1.807, 2.05) is 28.5 Å². The van der Waals surface area contributed by atoms with E-state index in [2.05, 4.69) is 11.1 Å². The van der Waals surface area contributed by atoms with Gasteiger partial charge in [-0.15, -0.1) is 11.3 Å². The predicted octanol–water partition coefficient (Wildman–Crippen LogP) is 3.65. The van der Waals surface area contributed by atoms with Gasteiger partial charge in [0, 0.05) is 18.0 Å². The molecule has 90 valence electrons. The van der Waals surface area contributed by atoms with Crippen molar-refractivity contribution >= 4 is 17.0 Å². The average Bonchev–Trinajstić information content (AvgIpc) is 3.13. The molecule has 1 saturated carbocycles. The van der Waals surface area contributed by atoms with Gasteiger partial charge in [-0.05, 0) is 42.7 Å². The van der Waals surface area contributed by atoms with Gasteiger partial charge in [-0.3, -0.25) is 0 Å². The molecule has 1 aliphatic carbocycles. The standard InChI is InChI=1S/C14H13N3S/c15-9-13-12(5-8-18-13)14(11-3-1-2-4-11)17-7-6-16-10-17/h5-8,10H,1-4H2. The fourth-order valence-electron chi connectivity index (χ4n) is 2.52. The Morgan fingerprint density at radius 3 is 2.89 bits per heavy atom. The highest BCUT2D eigenvalue weighted by Gasteiger charge is 2.18. The highest BCUT2D eigenvalue weighted by Crippen LogP contribution is 2.35. The third kappa shape index (κ3) is 1.87. The number of allylic oxidation sites excluding steroid dienone is 1. The van der Waals surface area contributed by atoms with Crippen molar-refractivity contribution in [2.75, 3.05) is 0 Å². The Morgan fingerprint density at radius 2 is 2.22 bits per heavy atom. The molecule has 3 rings (SSSR count). The fraction of sp³-hybridized carbons (Fsp3) is 0.286. The third-order valence-corrected chi connectivity index (χ3v) is 4.15. The van der Waals surface area contributed by atoms with Crippen molar-refractivity contribution in [1.82, 2.24) is 9.55 Å². The van der Waals surface area contributed by atoms with E-state index >= 15 is 0 Å². The summed E-state index contributed by atoms with van der Waals surface area (Å²) in [7, 11) is 0. The lowest BCUT2D eigenvalue weighted by atomic mass is 10.1. The summed E-state index contributed by atoms with van der Waals surface area (Å²) in [5.41, 5.74) is 3.67. The molecule has 2 heterocycles. The molecule has 1 fully saturated rings. The second-order valence-electron chi connectivity index (χ2n) is 4.40. The van der Waals surface area contributed by atoms with E-state index in [1.54, 1.807) is 6.20 Å². The van der Waals surface area contributed by atoms with Crippen molar-refractivity contribution in [3.63, 3.8) is 0 Å². The normalized spacial score (nSPS) is 14.7. The highest BCUT2D eigenvalue weighted by atomic mass is 32.1. The number of hydrogen-bond donors (Lipinski definition) is 0. The molecule has 3 nitrogen and oxygen atoms in total. The lowest BCUT2D eigenvalue weighted by Crippen LogP contribution is -2.00. The largest absolute Gasteiger partial charge is 0.306 e. The molecule has 0 bridgehead atoms. The van der Waals surface area contributed by atoms with Gasteiger partial charge in [-0.2, -0.15) is 5.26 Å². The minimum Gasteiger partial charge on any atom is -0.306 e. The third-order valence-electron chi connectivity index (χ3n) is 3.33. The Bertz CT molecular complexity index is 606. The predicted molar refractivity (Wildman–Crippen MR) is 72.0 cm³/mol. The van der Waals surface area contributed by atoms with Crippen molar-refractivity contribution < 1.29 is 0 Å². The second-order valence-corrected chi connectivity index (χ2v) is 5.32. The van der Waals surface area contributed by atoms with E-state index in [0.29, 0.717) is 0 Å². The number of nitrogens with zero attached hydrogens (tertiary/aromatic N) is 3. The van der Waals surface area contributed by atoms with Crippen LogP contribution in [0.4, 0.5) is 0 Å². The molecule has 0 saturated heterocycles. The quantitative estimate of drug-likeness (QED) is 0.822. The smallest absolute Gasteiger partial charge is 0.114 e. The monoisotopic (exact) mass is 255 g/mol. The fourth-order valence-corrected chi connectivity index (χ4v) is 3.21. The van der Waals surface area contributed by atoms with Gasteiger partial charge >= 0.3 is 0 Å². The van der Waals surface area contributed by atoms with Crippen LogP contribution in [-0.2, 0) is 0 Å². The lowest BCUT2D eigenvalue weighted by Gasteiger charge is -2.12. The zero-order chi connectivity index (χ0) is 12.4. The van der Waals surface area contributed by atoms with E-state index in [-0.39, 0.29) is 0 Å². The van der Waals surface area contributed by atoms with Gasteiger partial charge in [0.2, 0.25) is 0 Å². The lowest BCUT2D eigenvalue weighted by molar-refractivity contribution is 0.886. The molecular formula is C14H13N3S. The zero-order valence-corrected chi connectivity index (χ0v) is 10.8. The summed E-state index contributed by atoms with van der Waals surface area (Å²) in [6.45, 7) is 0. The maximum Gasteiger partial charge on any atom is 0.114 e. The highest BCUT2D eigenvalue weighted by molar-refractivity contribution is 7.10. The van der Waals surface area contributed by atoms with Crippen LogP contribution in [-0.4, -0.2) is 9.55 Å². The molecule has 0 N–H and O–H groups in total. The van der Waals surface area contributed by atoms with Crippen molar-refractivity contribution in [2.24, 2.45) is 0 Å². The van der Waals surface area contributed by atoms with Gasteiger partial charge < -0.3 is 4.57 Å². The van der Waals surface area contributed by atoms with Crippen LogP contribution in [0.2, 0.25) is 0 Å². The Kier molecular flexibility index (Phi) is 2.99. The molecule has 0 atom stereocenters. The molecule has 0 spiro atoms. The Morgan fingerprint density at radius 1 is 1.39 bits per heavy atom. The van der Waals surface area contributed by atoms with Gasteiger partial charge in [0.1, 0.15) is 10.9 Å². The molecule has 1 aliphatic rings. The first-order chi connectivity index (χ1) is 8.90. The zero-order valence-electron chi connectivity index (χ0n) is 9.97. The van der Waals surface area contributed by atoms with E-state index in [0.717, 1.165) is 23.3 Å². The van der Waals surface area contributed by atoms with Crippen molar-refractivity contribution in [2.45, 2.75) is 25.7 Å². The number of rotatable bonds is 2. The van der Waals surface area contributed by atoms with E-state index in [4.69, 9.17) is 0 Å². The molecule has 0 aromatic carbocycles. The average molecular weight is 255 g/mol. The number of imidazole rings is 1. The summed E-state index contributed by atoms with van der Waals surface area (Å²) in [5, 5.41) is 11.2. The van der Waals surface area contributed by atoms with Crippen LogP contribution in [0.25, 0.3) is 5.70 Å². The summed E-state index contributed by atoms with van der Waals surface area (Å²) < 4.78 is 2.05. The molecule has 0 aliphatic heterocycles. The van der Waals surface area contributed by atoms with Crippen molar-refractivity contribution in [3.8, 4) is 6.07 Å². The molecule has 0 amide bonds. The summed E-state index contributed by atoms with van der Waals surface area (Å²) in [5.74, 6) is 0. The first-order valence-electron chi connectivity index (χ1n) is 6.08. The molecule has 2 aromatic heterocycles. The van der Waals surface area contributed by atoms with Gasteiger partial charge in [0.05, 0.1) is 12.0 Å². The maximum atomic E-state index is 9.21. The number of nitriles is 1. The Hall–Kier alpha value is -1.86. The first-order valence-corrected chi connectivity index (χ1v) is 6.96. The van der Waals surface area contributed by atoms with Crippen LogP contribution in [0.15, 0.2) is 35.7 Å². The summed E-state index contributed by atoms with van der Waals surface area (Å²) >= 11 is 1.50. The van der Waals surface area contributed by atoms with Crippen LogP contribution in [0.3, 0.4) is 0 Å². The SMILES string of the molecule is N#Cc1sccc1C(=C1CCCC1)n1ccnc1. The van der Waals surface area contributed by atoms with Gasteiger partial charge in [0.15, 0.2) is 0 Å². The Labute approximate surface area is 110 Å². The van der Waals surface area contributed by atoms with Gasteiger partial charge in [-0.25, -0.2) is 4.98 Å².